The van der Waals surface area contributed by atoms with Crippen LogP contribution >= 0.6 is 27.5 Å². The number of hydrogen-bond acceptors (Lipinski definition) is 7. The lowest BCUT2D eigenvalue weighted by molar-refractivity contribution is -0.179. The third-order valence-corrected chi connectivity index (χ3v) is 8.63. The van der Waals surface area contributed by atoms with Crippen LogP contribution in [0.15, 0.2) is 16.6 Å². The van der Waals surface area contributed by atoms with Crippen LogP contribution in [-0.4, -0.2) is 55.9 Å². The van der Waals surface area contributed by atoms with E-state index in [0.29, 0.717) is 0 Å². The van der Waals surface area contributed by atoms with Gasteiger partial charge in [-0.05, 0) is 58.9 Å². The van der Waals surface area contributed by atoms with Gasteiger partial charge in [0.15, 0.2) is 6.23 Å². The highest BCUT2D eigenvalue weighted by Crippen LogP contribution is 2.43. The molecule has 9 heteroatoms. The summed E-state index contributed by atoms with van der Waals surface area (Å²) in [5.41, 5.74) is 1.89. The molecule has 2 aromatic rings. The minimum Gasteiger partial charge on any atom is -0.446 e. The second-order valence-electron chi connectivity index (χ2n) is 10.7. The number of nitrogens with zero attached hydrogens (tertiary/aromatic N) is 4. The Kier molecular flexibility index (Phi) is 9.00. The molecule has 2 atom stereocenters. The Hall–Kier alpha value is -1.64. The number of carbonyl (C=O) groups is 1. The minimum atomic E-state index is -0.197. The molecule has 2 aliphatic rings. The molecule has 36 heavy (non-hydrogen) atoms. The van der Waals surface area contributed by atoms with Gasteiger partial charge in [0.2, 0.25) is 5.28 Å². The molecule has 2 unspecified atom stereocenters. The zero-order valence-corrected chi connectivity index (χ0v) is 24.3. The number of unbranched alkanes of at least 4 members (excludes halogenated alkanes) is 4. The van der Waals surface area contributed by atoms with Gasteiger partial charge in [-0.1, -0.05) is 46.0 Å². The SMILES string of the molecule is CCCCCCCC(C)C(=O)OC1NCC12CCN(c1nc(Cl)nc3cc(Br)c(N(C)C)cc13)CC2. The van der Waals surface area contributed by atoms with E-state index in [1.54, 1.807) is 0 Å². The van der Waals surface area contributed by atoms with E-state index in [2.05, 4.69) is 54.0 Å². The van der Waals surface area contributed by atoms with Crippen LogP contribution in [0.1, 0.15) is 65.2 Å². The predicted molar refractivity (Wildman–Crippen MR) is 151 cm³/mol. The van der Waals surface area contributed by atoms with Crippen molar-refractivity contribution >= 4 is 55.9 Å². The zero-order valence-electron chi connectivity index (χ0n) is 21.9. The molecule has 0 radical (unpaired) electrons. The van der Waals surface area contributed by atoms with E-state index in [1.165, 1.54) is 25.7 Å². The average Bonchev–Trinajstić information content (AvgIpc) is 2.85. The number of esters is 1. The van der Waals surface area contributed by atoms with Crippen molar-refractivity contribution in [2.75, 3.05) is 43.5 Å². The van der Waals surface area contributed by atoms with Crippen molar-refractivity contribution in [2.45, 2.75) is 71.4 Å². The van der Waals surface area contributed by atoms with Gasteiger partial charge in [0.25, 0.3) is 0 Å². The molecule has 0 aliphatic carbocycles. The predicted octanol–water partition coefficient (Wildman–Crippen LogP) is 6.17. The number of anilines is 2. The third-order valence-electron chi connectivity index (χ3n) is 7.83. The number of ether oxygens (including phenoxy) is 1. The van der Waals surface area contributed by atoms with E-state index in [9.17, 15) is 4.79 Å². The van der Waals surface area contributed by atoms with Gasteiger partial charge in [0.05, 0.1) is 17.1 Å². The molecule has 198 valence electrons. The van der Waals surface area contributed by atoms with Crippen LogP contribution in [0, 0.1) is 11.3 Å². The van der Waals surface area contributed by atoms with Crippen LogP contribution in [-0.2, 0) is 9.53 Å². The van der Waals surface area contributed by atoms with Crippen LogP contribution in [0.5, 0.6) is 0 Å². The molecule has 0 amide bonds. The summed E-state index contributed by atoms with van der Waals surface area (Å²) in [4.78, 5) is 26.2. The normalized spacial score (nSPS) is 19.8. The van der Waals surface area contributed by atoms with E-state index in [1.807, 2.05) is 27.1 Å². The number of aromatic nitrogens is 2. The highest BCUT2D eigenvalue weighted by molar-refractivity contribution is 9.10. The van der Waals surface area contributed by atoms with E-state index >= 15 is 0 Å². The number of rotatable bonds is 10. The van der Waals surface area contributed by atoms with Gasteiger partial charge < -0.3 is 14.5 Å². The first-order chi connectivity index (χ1) is 17.2. The molecule has 2 fully saturated rings. The average molecular weight is 581 g/mol. The Morgan fingerprint density at radius 2 is 1.97 bits per heavy atom. The summed E-state index contributed by atoms with van der Waals surface area (Å²) < 4.78 is 6.95. The molecule has 3 heterocycles. The van der Waals surface area contributed by atoms with Gasteiger partial charge in [-0.15, -0.1) is 0 Å². The number of fused-ring (bicyclic) bond motifs is 1. The Balaban J connectivity index is 1.39. The number of benzene rings is 1. The highest BCUT2D eigenvalue weighted by Gasteiger charge is 2.51. The van der Waals surface area contributed by atoms with Gasteiger partial charge >= 0.3 is 5.97 Å². The molecule has 1 aromatic carbocycles. The number of nitrogens with one attached hydrogen (secondary N) is 1. The standard InChI is InChI=1S/C27H39BrClN5O2/c1-5-6-7-8-9-10-18(2)24(35)36-25-27(17-30-25)11-13-34(14-12-27)23-19-15-22(33(3)4)20(28)16-21(19)31-26(29)32-23/h15-16,18,25,30H,5-14,17H2,1-4H3. The van der Waals surface area contributed by atoms with Crippen molar-refractivity contribution in [3.8, 4) is 0 Å². The molecule has 2 saturated heterocycles. The lowest BCUT2D eigenvalue weighted by Gasteiger charge is -2.53. The molecule has 1 spiro atoms. The molecular formula is C27H39BrClN5O2. The highest BCUT2D eigenvalue weighted by atomic mass is 79.9. The molecule has 0 saturated carbocycles. The molecule has 1 N–H and O–H groups in total. The van der Waals surface area contributed by atoms with Crippen molar-refractivity contribution in [3.63, 3.8) is 0 Å². The van der Waals surface area contributed by atoms with Crippen molar-refractivity contribution < 1.29 is 9.53 Å². The summed E-state index contributed by atoms with van der Waals surface area (Å²) in [6.45, 7) is 6.77. The maximum atomic E-state index is 12.8. The van der Waals surface area contributed by atoms with Gasteiger partial charge in [0.1, 0.15) is 5.82 Å². The quantitative estimate of drug-likeness (QED) is 0.205. The summed E-state index contributed by atoms with van der Waals surface area (Å²) in [6, 6.07) is 4.12. The molecule has 0 bridgehead atoms. The monoisotopic (exact) mass is 579 g/mol. The van der Waals surface area contributed by atoms with Gasteiger partial charge in [-0.2, -0.15) is 4.98 Å². The van der Waals surface area contributed by atoms with Crippen molar-refractivity contribution in [2.24, 2.45) is 11.3 Å². The Labute approximate surface area is 228 Å². The second kappa shape index (κ2) is 11.8. The summed E-state index contributed by atoms with van der Waals surface area (Å²) >= 11 is 9.97. The van der Waals surface area contributed by atoms with E-state index in [-0.39, 0.29) is 28.8 Å². The summed E-state index contributed by atoms with van der Waals surface area (Å²) in [7, 11) is 4.04. The maximum Gasteiger partial charge on any atom is 0.310 e. The van der Waals surface area contributed by atoms with Crippen molar-refractivity contribution in [1.29, 1.82) is 0 Å². The first kappa shape index (κ1) is 27.4. The van der Waals surface area contributed by atoms with Crippen LogP contribution in [0.3, 0.4) is 0 Å². The molecule has 2 aliphatic heterocycles. The van der Waals surface area contributed by atoms with Crippen LogP contribution in [0.4, 0.5) is 11.5 Å². The first-order valence-electron chi connectivity index (χ1n) is 13.3. The fraction of sp³-hybridized carbons (Fsp3) is 0.667. The summed E-state index contributed by atoms with van der Waals surface area (Å²) in [5, 5.41) is 4.62. The van der Waals surface area contributed by atoms with E-state index in [4.69, 9.17) is 16.3 Å². The van der Waals surface area contributed by atoms with Crippen molar-refractivity contribution in [3.05, 3.63) is 21.9 Å². The fourth-order valence-corrected chi connectivity index (χ4v) is 6.18. The molecule has 1 aromatic heterocycles. The molecule has 7 nitrogen and oxygen atoms in total. The lowest BCUT2D eigenvalue weighted by Crippen LogP contribution is -2.67. The number of halogens is 2. The van der Waals surface area contributed by atoms with Crippen molar-refractivity contribution in [1.82, 2.24) is 15.3 Å². The smallest absolute Gasteiger partial charge is 0.310 e. The summed E-state index contributed by atoms with van der Waals surface area (Å²) in [6.07, 6.45) is 8.63. The van der Waals surface area contributed by atoms with E-state index < -0.39 is 0 Å². The third kappa shape index (κ3) is 5.91. The Morgan fingerprint density at radius 1 is 1.25 bits per heavy atom. The lowest BCUT2D eigenvalue weighted by atomic mass is 9.71. The largest absolute Gasteiger partial charge is 0.446 e. The number of piperidine rings is 1. The zero-order chi connectivity index (χ0) is 25.9. The topological polar surface area (TPSA) is 70.6 Å². The van der Waals surface area contributed by atoms with Crippen LogP contribution < -0.4 is 15.1 Å². The Morgan fingerprint density at radius 3 is 2.61 bits per heavy atom. The fourth-order valence-electron chi connectivity index (χ4n) is 5.33. The van der Waals surface area contributed by atoms with E-state index in [0.717, 1.165) is 72.2 Å². The molecule has 4 rings (SSSR count). The number of hydrogen-bond donors (Lipinski definition) is 1. The van der Waals surface area contributed by atoms with Crippen LogP contribution in [0.25, 0.3) is 10.9 Å². The minimum absolute atomic E-state index is 0.00252. The van der Waals surface area contributed by atoms with Gasteiger partial charge in [-0.25, -0.2) is 4.98 Å². The second-order valence-corrected chi connectivity index (χ2v) is 11.9. The van der Waals surface area contributed by atoms with Gasteiger partial charge in [0, 0.05) is 49.0 Å². The maximum absolute atomic E-state index is 12.8. The van der Waals surface area contributed by atoms with Crippen LogP contribution in [0.2, 0.25) is 5.28 Å². The van der Waals surface area contributed by atoms with Gasteiger partial charge in [-0.3, -0.25) is 10.1 Å². The molecular weight excluding hydrogens is 542 g/mol. The Bertz CT molecular complexity index is 1070. The summed E-state index contributed by atoms with van der Waals surface area (Å²) in [5.74, 6) is 0.749. The first-order valence-corrected chi connectivity index (χ1v) is 14.4. The number of carbonyl (C=O) groups excluding carboxylic acids is 1.